The molecular weight excluding hydrogens is 414 g/mol. The first-order valence-corrected chi connectivity index (χ1v) is 9.55. The molecule has 0 bridgehead atoms. The third-order valence-electron chi connectivity index (χ3n) is 4.49. The second-order valence-corrected chi connectivity index (χ2v) is 7.34. The molecule has 1 unspecified atom stereocenters. The molecule has 1 aliphatic rings. The van der Waals surface area contributed by atoms with Gasteiger partial charge in [0, 0.05) is 16.9 Å². The van der Waals surface area contributed by atoms with Gasteiger partial charge in [-0.1, -0.05) is 35.3 Å². The molecule has 29 heavy (non-hydrogen) atoms. The number of pyridine rings is 1. The summed E-state index contributed by atoms with van der Waals surface area (Å²) in [6.07, 6.45) is 1.55. The van der Waals surface area contributed by atoms with E-state index in [0.29, 0.717) is 28.0 Å². The van der Waals surface area contributed by atoms with E-state index in [4.69, 9.17) is 23.2 Å². The molecule has 146 valence electrons. The van der Waals surface area contributed by atoms with Crippen molar-refractivity contribution in [1.82, 2.24) is 9.99 Å². The van der Waals surface area contributed by atoms with Crippen LogP contribution in [-0.4, -0.2) is 28.3 Å². The summed E-state index contributed by atoms with van der Waals surface area (Å²) < 4.78 is 13.4. The van der Waals surface area contributed by atoms with E-state index in [2.05, 4.69) is 15.4 Å². The van der Waals surface area contributed by atoms with Crippen LogP contribution in [0.15, 0.2) is 72.0 Å². The van der Waals surface area contributed by atoms with E-state index in [1.54, 1.807) is 54.7 Å². The Labute approximate surface area is 176 Å². The molecule has 0 saturated carbocycles. The molecule has 2 heterocycles. The van der Waals surface area contributed by atoms with Crippen molar-refractivity contribution in [1.29, 1.82) is 0 Å². The molecule has 2 amide bonds. The van der Waals surface area contributed by atoms with E-state index in [1.165, 1.54) is 17.1 Å². The third-order valence-corrected chi connectivity index (χ3v) is 4.97. The average molecular weight is 429 g/mol. The molecule has 0 spiro atoms. The molecule has 3 aromatic rings. The summed E-state index contributed by atoms with van der Waals surface area (Å²) in [5.74, 6) is -0.612. The zero-order chi connectivity index (χ0) is 20.4. The number of carbonyl (C=O) groups is 1. The van der Waals surface area contributed by atoms with Gasteiger partial charge in [0.15, 0.2) is 0 Å². The quantitative estimate of drug-likeness (QED) is 0.593. The molecule has 0 saturated heterocycles. The van der Waals surface area contributed by atoms with Crippen LogP contribution >= 0.6 is 23.2 Å². The van der Waals surface area contributed by atoms with Crippen molar-refractivity contribution in [2.45, 2.75) is 5.92 Å². The first-order valence-electron chi connectivity index (χ1n) is 8.79. The van der Waals surface area contributed by atoms with Crippen LogP contribution in [0, 0.1) is 5.82 Å². The molecule has 8 heteroatoms. The van der Waals surface area contributed by atoms with E-state index in [-0.39, 0.29) is 17.8 Å². The van der Waals surface area contributed by atoms with Gasteiger partial charge in [0.25, 0.3) is 0 Å². The van der Waals surface area contributed by atoms with Crippen LogP contribution in [0.3, 0.4) is 0 Å². The number of aromatic nitrogens is 1. The molecule has 0 radical (unpaired) electrons. The van der Waals surface area contributed by atoms with Crippen LogP contribution in [0.4, 0.5) is 14.9 Å². The number of anilines is 1. The molecule has 0 aliphatic carbocycles. The Morgan fingerprint density at radius 1 is 1.00 bits per heavy atom. The van der Waals surface area contributed by atoms with Crippen molar-refractivity contribution in [2.75, 3.05) is 11.9 Å². The van der Waals surface area contributed by atoms with Gasteiger partial charge in [0.05, 0.1) is 28.9 Å². The van der Waals surface area contributed by atoms with Crippen molar-refractivity contribution in [3.8, 4) is 0 Å². The van der Waals surface area contributed by atoms with Gasteiger partial charge in [-0.15, -0.1) is 0 Å². The highest BCUT2D eigenvalue weighted by atomic mass is 35.5. The number of halogens is 3. The summed E-state index contributed by atoms with van der Waals surface area (Å²) in [7, 11) is 0. The fourth-order valence-corrected chi connectivity index (χ4v) is 3.29. The maximum absolute atomic E-state index is 13.4. The van der Waals surface area contributed by atoms with Gasteiger partial charge in [-0.2, -0.15) is 5.10 Å². The summed E-state index contributed by atoms with van der Waals surface area (Å²) in [6, 6.07) is 15.9. The second-order valence-electron chi connectivity index (χ2n) is 6.47. The zero-order valence-electron chi connectivity index (χ0n) is 15.0. The number of hydrazone groups is 1. The molecule has 5 nitrogen and oxygen atoms in total. The second kappa shape index (κ2) is 8.19. The fraction of sp³-hybridized carbons (Fsp3) is 0.0952. The third kappa shape index (κ3) is 4.39. The van der Waals surface area contributed by atoms with Gasteiger partial charge in [0.1, 0.15) is 5.82 Å². The van der Waals surface area contributed by atoms with Crippen LogP contribution < -0.4 is 5.32 Å². The van der Waals surface area contributed by atoms with Gasteiger partial charge in [-0.05, 0) is 54.1 Å². The highest BCUT2D eigenvalue weighted by Gasteiger charge is 2.33. The van der Waals surface area contributed by atoms with Crippen LogP contribution in [-0.2, 0) is 0 Å². The standard InChI is InChI=1S/C21H15Cl2FN4O/c22-14-3-8-17(9-4-14)26-21(29)28-12-18(19-10-5-15(23)11-25-19)20(27-28)13-1-6-16(24)7-2-13/h1-11,18H,12H2,(H,26,29). The van der Waals surface area contributed by atoms with E-state index >= 15 is 0 Å². The Kier molecular flexibility index (Phi) is 5.47. The number of nitrogens with one attached hydrogen (secondary N) is 1. The van der Waals surface area contributed by atoms with Gasteiger partial charge in [-0.3, -0.25) is 4.98 Å². The average Bonchev–Trinajstić information content (AvgIpc) is 3.16. The van der Waals surface area contributed by atoms with Crippen molar-refractivity contribution >= 4 is 40.6 Å². The Morgan fingerprint density at radius 3 is 2.34 bits per heavy atom. The summed E-state index contributed by atoms with van der Waals surface area (Å²) in [6.45, 7) is 0.292. The number of hydrogen-bond acceptors (Lipinski definition) is 3. The van der Waals surface area contributed by atoms with E-state index < -0.39 is 0 Å². The summed E-state index contributed by atoms with van der Waals surface area (Å²) in [4.78, 5) is 17.1. The first-order chi connectivity index (χ1) is 14.0. The number of benzene rings is 2. The first kappa shape index (κ1) is 19.4. The normalized spacial score (nSPS) is 15.9. The van der Waals surface area contributed by atoms with Crippen LogP contribution in [0.5, 0.6) is 0 Å². The summed E-state index contributed by atoms with van der Waals surface area (Å²) >= 11 is 11.8. The topological polar surface area (TPSA) is 57.6 Å². The molecule has 4 rings (SSSR count). The lowest BCUT2D eigenvalue weighted by Crippen LogP contribution is -2.30. The maximum Gasteiger partial charge on any atom is 0.342 e. The van der Waals surface area contributed by atoms with Crippen LogP contribution in [0.25, 0.3) is 0 Å². The molecule has 1 N–H and O–H groups in total. The Morgan fingerprint density at radius 2 is 1.69 bits per heavy atom. The molecule has 1 aliphatic heterocycles. The van der Waals surface area contributed by atoms with E-state index in [0.717, 1.165) is 11.3 Å². The molecule has 2 aromatic carbocycles. The Balaban J connectivity index is 1.63. The minimum Gasteiger partial charge on any atom is -0.306 e. The molecular formula is C21H15Cl2FN4O. The lowest BCUT2D eigenvalue weighted by Gasteiger charge is -2.15. The smallest absolute Gasteiger partial charge is 0.306 e. The molecule has 0 fully saturated rings. The molecule has 1 aromatic heterocycles. The van der Waals surface area contributed by atoms with Crippen molar-refractivity contribution < 1.29 is 9.18 Å². The van der Waals surface area contributed by atoms with Crippen LogP contribution in [0.1, 0.15) is 17.2 Å². The lowest BCUT2D eigenvalue weighted by atomic mass is 9.94. The van der Waals surface area contributed by atoms with Gasteiger partial charge in [-0.25, -0.2) is 14.2 Å². The maximum atomic E-state index is 13.4. The highest BCUT2D eigenvalue weighted by Crippen LogP contribution is 2.29. The van der Waals surface area contributed by atoms with Gasteiger partial charge < -0.3 is 5.32 Å². The summed E-state index contributed by atoms with van der Waals surface area (Å²) in [5, 5.41) is 9.73. The summed E-state index contributed by atoms with van der Waals surface area (Å²) in [5.41, 5.74) is 2.67. The van der Waals surface area contributed by atoms with E-state index in [1.807, 2.05) is 0 Å². The van der Waals surface area contributed by atoms with Crippen molar-refractivity contribution in [3.63, 3.8) is 0 Å². The number of hydrogen-bond donors (Lipinski definition) is 1. The highest BCUT2D eigenvalue weighted by molar-refractivity contribution is 6.30. The number of urea groups is 1. The largest absolute Gasteiger partial charge is 0.342 e. The lowest BCUT2D eigenvalue weighted by molar-refractivity contribution is 0.218. The van der Waals surface area contributed by atoms with Gasteiger partial charge >= 0.3 is 6.03 Å². The van der Waals surface area contributed by atoms with E-state index in [9.17, 15) is 9.18 Å². The zero-order valence-corrected chi connectivity index (χ0v) is 16.5. The minimum atomic E-state index is -0.386. The van der Waals surface area contributed by atoms with Crippen molar-refractivity contribution in [2.24, 2.45) is 5.10 Å². The Bertz CT molecular complexity index is 1050. The monoisotopic (exact) mass is 428 g/mol. The predicted molar refractivity (Wildman–Crippen MR) is 112 cm³/mol. The van der Waals surface area contributed by atoms with Gasteiger partial charge in [0.2, 0.25) is 0 Å². The Hall–Kier alpha value is -2.96. The number of carbonyl (C=O) groups excluding carboxylic acids is 1. The minimum absolute atomic E-state index is 0.270. The predicted octanol–water partition coefficient (Wildman–Crippen LogP) is 5.56. The van der Waals surface area contributed by atoms with Crippen molar-refractivity contribution in [3.05, 3.63) is 94.0 Å². The fourth-order valence-electron chi connectivity index (χ4n) is 3.06. The number of amides is 2. The number of nitrogens with zero attached hydrogens (tertiary/aromatic N) is 3. The van der Waals surface area contributed by atoms with Crippen LogP contribution in [0.2, 0.25) is 10.0 Å². The molecule has 1 atom stereocenters. The SMILES string of the molecule is O=C(Nc1ccc(Cl)cc1)N1CC(c2ccc(Cl)cn2)C(c2ccc(F)cc2)=N1. The number of rotatable bonds is 3.